The van der Waals surface area contributed by atoms with Gasteiger partial charge in [-0.2, -0.15) is 18.3 Å². The van der Waals surface area contributed by atoms with Gasteiger partial charge in [0.2, 0.25) is 0 Å². The molecule has 0 fully saturated rings. The number of rotatable bonds is 0. The molecule has 0 saturated carbocycles. The summed E-state index contributed by atoms with van der Waals surface area (Å²) in [5.74, 6) is 0. The van der Waals surface area contributed by atoms with Gasteiger partial charge in [0, 0.05) is 0 Å². The van der Waals surface area contributed by atoms with E-state index < -0.39 is 0 Å². The second-order valence-corrected chi connectivity index (χ2v) is 3.35. The Morgan fingerprint density at radius 2 is 2.00 bits per heavy atom. The second kappa shape index (κ2) is 11.3. The number of aromatic amines is 1. The van der Waals surface area contributed by atoms with Gasteiger partial charge >= 0.3 is 34.5 Å². The minimum atomic E-state index is -0.226. The van der Waals surface area contributed by atoms with Crippen molar-refractivity contribution in [1.29, 1.82) is 0 Å². The van der Waals surface area contributed by atoms with Crippen LogP contribution in [0.4, 0.5) is 0 Å². The number of nitrogens with one attached hydrogen (secondary N) is 1. The van der Waals surface area contributed by atoms with Crippen LogP contribution in [0, 0.1) is 13.6 Å². The molecule has 9 heavy (non-hydrogen) atoms. The second-order valence-electron chi connectivity index (χ2n) is 0.862. The Labute approximate surface area is 71.4 Å². The Morgan fingerprint density at radius 1 is 1.44 bits per heavy atom. The molecule has 0 atom stereocenters. The van der Waals surface area contributed by atoms with Gasteiger partial charge in [-0.3, -0.25) is 0 Å². The van der Waals surface area contributed by atoms with Crippen molar-refractivity contribution in [2.24, 2.45) is 0 Å². The summed E-state index contributed by atoms with van der Waals surface area (Å²) in [7, 11) is 9.67. The largest absolute Gasteiger partial charge is 0.484 e. The first-order valence-corrected chi connectivity index (χ1v) is 5.97. The summed E-state index contributed by atoms with van der Waals surface area (Å²) in [6.45, 7) is 0. The maximum Gasteiger partial charge on any atom is -0.108 e. The molecule has 1 rings (SSSR count). The van der Waals surface area contributed by atoms with E-state index in [0.29, 0.717) is 0 Å². The van der Waals surface area contributed by atoms with Crippen molar-refractivity contribution in [2.75, 3.05) is 0 Å². The van der Waals surface area contributed by atoms with Crippen molar-refractivity contribution in [2.45, 2.75) is 0 Å². The Balaban J connectivity index is 0. The fourth-order valence-electron chi connectivity index (χ4n) is 0.241. The van der Waals surface area contributed by atoms with Crippen molar-refractivity contribution in [1.82, 2.24) is 4.98 Å². The molecular formula is C5H7Cl2NRh-2. The quantitative estimate of drug-likeness (QED) is 0.541. The van der Waals surface area contributed by atoms with E-state index in [9.17, 15) is 0 Å². The van der Waals surface area contributed by atoms with E-state index in [0.717, 1.165) is 0 Å². The topological polar surface area (TPSA) is 15.8 Å². The number of halogens is 2. The van der Waals surface area contributed by atoms with Crippen LogP contribution in [-0.4, -0.2) is 4.98 Å². The summed E-state index contributed by atoms with van der Waals surface area (Å²) in [5.41, 5.74) is 0. The van der Waals surface area contributed by atoms with Crippen LogP contribution in [-0.2, 0) is 15.1 Å². The number of H-pyrrole nitrogens is 1. The zero-order valence-electron chi connectivity index (χ0n) is 4.82. The van der Waals surface area contributed by atoms with Gasteiger partial charge in [0.15, 0.2) is 0 Å². The minimum Gasteiger partial charge on any atom is -0.484 e. The summed E-state index contributed by atoms with van der Waals surface area (Å²) >= 11 is -0.226. The van der Waals surface area contributed by atoms with Crippen LogP contribution in [0.25, 0.3) is 0 Å². The zero-order valence-corrected chi connectivity index (χ0v) is 7.97. The summed E-state index contributed by atoms with van der Waals surface area (Å²) in [6, 6.07) is 3.71. The molecule has 0 spiro atoms. The average molecular weight is 255 g/mol. The van der Waals surface area contributed by atoms with E-state index in [1.54, 1.807) is 0 Å². The summed E-state index contributed by atoms with van der Waals surface area (Å²) < 4.78 is 0. The average Bonchev–Trinajstić information content (AvgIpc) is 2.17. The molecule has 0 amide bonds. The SMILES string of the molecule is [CH3-].[Cl][Rh][Cl].[c-]1ccc[nH]1. The number of hydrogen-bond acceptors (Lipinski definition) is 0. The van der Waals surface area contributed by atoms with Crippen molar-refractivity contribution in [3.05, 3.63) is 32.0 Å². The summed E-state index contributed by atoms with van der Waals surface area (Å²) in [6.07, 6.45) is 4.56. The molecular weight excluding hydrogens is 248 g/mol. The summed E-state index contributed by atoms with van der Waals surface area (Å²) in [4.78, 5) is 2.74. The Hall–Kier alpha value is 0.483. The normalized spacial score (nSPS) is 6.89. The van der Waals surface area contributed by atoms with Crippen LogP contribution in [0.2, 0.25) is 0 Å². The molecule has 0 saturated heterocycles. The van der Waals surface area contributed by atoms with Crippen molar-refractivity contribution < 1.29 is 15.1 Å². The van der Waals surface area contributed by atoms with E-state index >= 15 is 0 Å². The number of aromatic nitrogens is 1. The molecule has 0 radical (unpaired) electrons. The third-order valence-electron chi connectivity index (χ3n) is 0.442. The molecule has 0 bridgehead atoms. The first kappa shape index (κ1) is 12.2. The molecule has 1 nitrogen and oxygen atoms in total. The molecule has 0 aliphatic heterocycles. The van der Waals surface area contributed by atoms with Gasteiger partial charge in [-0.25, -0.2) is 0 Å². The van der Waals surface area contributed by atoms with Gasteiger partial charge in [-0.15, -0.1) is 6.20 Å². The third kappa shape index (κ3) is 11.9. The van der Waals surface area contributed by atoms with Crippen LogP contribution in [0.3, 0.4) is 0 Å². The molecule has 1 aromatic rings. The molecule has 0 aliphatic carbocycles. The molecule has 57 valence electrons. The maximum atomic E-state index is 4.83. The summed E-state index contributed by atoms with van der Waals surface area (Å²) in [5, 5.41) is 0. The molecule has 1 heterocycles. The smallest absolute Gasteiger partial charge is 0.108 e. The first-order valence-electron chi connectivity index (χ1n) is 1.75. The predicted octanol–water partition coefficient (Wildman–Crippen LogP) is 2.64. The molecule has 1 aromatic heterocycles. The van der Waals surface area contributed by atoms with Crippen LogP contribution in [0.15, 0.2) is 18.3 Å². The number of hydrogen-bond donors (Lipinski definition) is 1. The van der Waals surface area contributed by atoms with Crippen LogP contribution < -0.4 is 0 Å². The fourth-order valence-corrected chi connectivity index (χ4v) is 0.241. The van der Waals surface area contributed by atoms with Crippen molar-refractivity contribution >= 4 is 19.4 Å². The van der Waals surface area contributed by atoms with Crippen LogP contribution in [0.5, 0.6) is 0 Å². The first-order chi connectivity index (χ1) is 3.91. The van der Waals surface area contributed by atoms with Gasteiger partial charge in [-0.05, 0) is 0 Å². The zero-order chi connectivity index (χ0) is 6.24. The van der Waals surface area contributed by atoms with Gasteiger partial charge in [0.1, 0.15) is 0 Å². The van der Waals surface area contributed by atoms with E-state index in [-0.39, 0.29) is 22.6 Å². The predicted molar refractivity (Wildman–Crippen MR) is 37.7 cm³/mol. The third-order valence-corrected chi connectivity index (χ3v) is 0.442. The van der Waals surface area contributed by atoms with Gasteiger partial charge in [0.05, 0.1) is 0 Å². The monoisotopic (exact) mass is 254 g/mol. The van der Waals surface area contributed by atoms with Crippen molar-refractivity contribution in [3.8, 4) is 0 Å². The van der Waals surface area contributed by atoms with Gasteiger partial charge in [0.25, 0.3) is 0 Å². The molecule has 0 aliphatic rings. The van der Waals surface area contributed by atoms with E-state index in [2.05, 4.69) is 11.2 Å². The standard InChI is InChI=1S/C4H4N.CH3.2ClH.Rh/c1-2-4-5-3-1;;;;/h1-3,5H;1H3;2*1H;/q2*-1;;;+2/p-2. The van der Waals surface area contributed by atoms with Gasteiger partial charge < -0.3 is 12.4 Å². The van der Waals surface area contributed by atoms with Crippen molar-refractivity contribution in [3.63, 3.8) is 0 Å². The van der Waals surface area contributed by atoms with Gasteiger partial charge in [-0.1, -0.05) is 0 Å². The Morgan fingerprint density at radius 3 is 2.11 bits per heavy atom. The Bertz CT molecular complexity index is 81.9. The molecule has 4 heteroatoms. The van der Waals surface area contributed by atoms with E-state index in [1.165, 1.54) is 0 Å². The minimum absolute atomic E-state index is 0. The molecule has 0 aromatic carbocycles. The Kier molecular flexibility index (Phi) is 15.3. The fraction of sp³-hybridized carbons (Fsp3) is 0. The van der Waals surface area contributed by atoms with E-state index in [4.69, 9.17) is 19.4 Å². The van der Waals surface area contributed by atoms with Crippen LogP contribution >= 0.6 is 19.4 Å². The molecule has 1 N–H and O–H groups in total. The van der Waals surface area contributed by atoms with E-state index in [1.807, 2.05) is 18.3 Å². The molecule has 0 unspecified atom stereocenters. The van der Waals surface area contributed by atoms with Crippen LogP contribution in [0.1, 0.15) is 0 Å². The maximum absolute atomic E-state index is 4.83.